The van der Waals surface area contributed by atoms with E-state index in [2.05, 4.69) is 23.7 Å². The number of carboxylic acids is 1. The Balaban J connectivity index is 0.000000322. The molecule has 0 spiro atoms. The minimum Gasteiger partial charge on any atom is -0.475 e. The lowest BCUT2D eigenvalue weighted by atomic mass is 10.1. The second kappa shape index (κ2) is 7.69. The minimum absolute atomic E-state index is 0.201. The van der Waals surface area contributed by atoms with Crippen molar-refractivity contribution in [3.8, 4) is 0 Å². The summed E-state index contributed by atoms with van der Waals surface area (Å²) in [5.74, 6) is -1.89. The Labute approximate surface area is 136 Å². The smallest absolute Gasteiger partial charge is 0.475 e. The van der Waals surface area contributed by atoms with Gasteiger partial charge in [0, 0.05) is 18.8 Å². The number of carboxylic acid groups (broad SMARTS) is 1. The first-order valence-electron chi connectivity index (χ1n) is 6.63. The third kappa shape index (κ3) is 5.43. The maximum absolute atomic E-state index is 10.6. The Morgan fingerprint density at radius 3 is 2.57 bits per heavy atom. The number of ether oxygens (including phenoxy) is 1. The van der Waals surface area contributed by atoms with E-state index in [0.29, 0.717) is 16.8 Å². The molecule has 2 atom stereocenters. The summed E-state index contributed by atoms with van der Waals surface area (Å²) in [6.07, 6.45) is -3.29. The summed E-state index contributed by atoms with van der Waals surface area (Å²) in [6, 6.07) is 2.11. The molecule has 0 aliphatic carbocycles. The van der Waals surface area contributed by atoms with E-state index in [-0.39, 0.29) is 6.10 Å². The molecule has 2 unspecified atom stereocenters. The van der Waals surface area contributed by atoms with E-state index in [1.165, 1.54) is 0 Å². The molecule has 1 aromatic rings. The molecule has 0 amide bonds. The van der Waals surface area contributed by atoms with Crippen LogP contribution in [0.3, 0.4) is 0 Å². The summed E-state index contributed by atoms with van der Waals surface area (Å²) in [6.45, 7) is 5.74. The number of aliphatic carboxylic acids is 1. The Hall–Kier alpha value is -1.74. The van der Waals surface area contributed by atoms with Crippen LogP contribution in [0.15, 0.2) is 12.3 Å². The van der Waals surface area contributed by atoms with Gasteiger partial charge >= 0.3 is 12.1 Å². The molecule has 2 heterocycles. The molecule has 130 valence electrons. The Kier molecular flexibility index (Phi) is 6.46. The van der Waals surface area contributed by atoms with Gasteiger partial charge in [0.1, 0.15) is 5.82 Å². The first-order chi connectivity index (χ1) is 10.5. The van der Waals surface area contributed by atoms with Crippen LogP contribution in [-0.2, 0) is 9.53 Å². The molecule has 0 radical (unpaired) electrons. The molecule has 1 fully saturated rings. The normalized spacial score (nSPS) is 21.4. The number of halogens is 4. The van der Waals surface area contributed by atoms with E-state index in [1.807, 2.05) is 6.07 Å². The summed E-state index contributed by atoms with van der Waals surface area (Å²) in [7, 11) is 0. The predicted octanol–water partition coefficient (Wildman–Crippen LogP) is 2.56. The average Bonchev–Trinajstić information content (AvgIpc) is 2.45. The van der Waals surface area contributed by atoms with Crippen LogP contribution >= 0.6 is 11.6 Å². The fourth-order valence-corrected chi connectivity index (χ4v) is 1.96. The summed E-state index contributed by atoms with van der Waals surface area (Å²) >= 11 is 5.85. The molecular formula is C13H17ClF3N3O3. The molecule has 1 aromatic heterocycles. The first-order valence-corrected chi connectivity index (χ1v) is 7.01. The SMILES string of the molecule is CC1OCCN(c2cc(N)c(Cl)cn2)C1C.O=C(O)C(F)(F)F. The molecule has 2 rings (SSSR count). The highest BCUT2D eigenvalue weighted by atomic mass is 35.5. The van der Waals surface area contributed by atoms with Crippen molar-refractivity contribution < 1.29 is 27.8 Å². The summed E-state index contributed by atoms with van der Waals surface area (Å²) in [4.78, 5) is 15.4. The monoisotopic (exact) mass is 355 g/mol. The first kappa shape index (κ1) is 19.3. The van der Waals surface area contributed by atoms with Crippen LogP contribution in [0.5, 0.6) is 0 Å². The predicted molar refractivity (Wildman–Crippen MR) is 79.6 cm³/mol. The van der Waals surface area contributed by atoms with E-state index in [0.717, 1.165) is 19.0 Å². The number of alkyl halides is 3. The van der Waals surface area contributed by atoms with Crippen molar-refractivity contribution in [2.45, 2.75) is 32.2 Å². The van der Waals surface area contributed by atoms with Crippen LogP contribution < -0.4 is 10.6 Å². The second-order valence-corrected chi connectivity index (χ2v) is 5.28. The largest absolute Gasteiger partial charge is 0.490 e. The van der Waals surface area contributed by atoms with Crippen LogP contribution in [0.4, 0.5) is 24.7 Å². The molecule has 23 heavy (non-hydrogen) atoms. The summed E-state index contributed by atoms with van der Waals surface area (Å²) < 4.78 is 37.3. The molecule has 1 saturated heterocycles. The van der Waals surface area contributed by atoms with Crippen molar-refractivity contribution in [3.05, 3.63) is 17.3 Å². The van der Waals surface area contributed by atoms with Crippen molar-refractivity contribution >= 4 is 29.1 Å². The van der Waals surface area contributed by atoms with Gasteiger partial charge in [-0.05, 0) is 13.8 Å². The van der Waals surface area contributed by atoms with Crippen molar-refractivity contribution in [2.75, 3.05) is 23.8 Å². The van der Waals surface area contributed by atoms with Crippen LogP contribution in [-0.4, -0.2) is 47.5 Å². The summed E-state index contributed by atoms with van der Waals surface area (Å²) in [5, 5.41) is 7.62. The molecule has 6 nitrogen and oxygen atoms in total. The molecule has 1 aliphatic rings. The Morgan fingerprint density at radius 1 is 1.52 bits per heavy atom. The van der Waals surface area contributed by atoms with Crippen molar-refractivity contribution in [3.63, 3.8) is 0 Å². The Morgan fingerprint density at radius 2 is 2.09 bits per heavy atom. The number of nitrogen functional groups attached to an aromatic ring is 1. The van der Waals surface area contributed by atoms with Gasteiger partial charge in [0.15, 0.2) is 0 Å². The summed E-state index contributed by atoms with van der Waals surface area (Å²) in [5.41, 5.74) is 6.35. The molecule has 10 heteroatoms. The fraction of sp³-hybridized carbons (Fsp3) is 0.538. The maximum atomic E-state index is 10.6. The van der Waals surface area contributed by atoms with Crippen LogP contribution in [0.25, 0.3) is 0 Å². The number of rotatable bonds is 1. The van der Waals surface area contributed by atoms with Crippen LogP contribution in [0.1, 0.15) is 13.8 Å². The van der Waals surface area contributed by atoms with Gasteiger partial charge in [0.2, 0.25) is 0 Å². The number of nitrogens with two attached hydrogens (primary N) is 1. The quantitative estimate of drug-likeness (QED) is 0.805. The lowest BCUT2D eigenvalue weighted by molar-refractivity contribution is -0.192. The van der Waals surface area contributed by atoms with E-state index in [1.54, 1.807) is 6.20 Å². The lowest BCUT2D eigenvalue weighted by Gasteiger charge is -2.38. The van der Waals surface area contributed by atoms with Gasteiger partial charge in [-0.2, -0.15) is 13.2 Å². The van der Waals surface area contributed by atoms with Gasteiger partial charge in [-0.1, -0.05) is 11.6 Å². The highest BCUT2D eigenvalue weighted by Crippen LogP contribution is 2.26. The number of pyridine rings is 1. The van der Waals surface area contributed by atoms with Gasteiger partial charge < -0.3 is 20.5 Å². The number of morpholine rings is 1. The van der Waals surface area contributed by atoms with Gasteiger partial charge in [-0.25, -0.2) is 9.78 Å². The third-order valence-electron chi connectivity index (χ3n) is 3.29. The van der Waals surface area contributed by atoms with Crippen molar-refractivity contribution in [1.82, 2.24) is 4.98 Å². The van der Waals surface area contributed by atoms with E-state index in [4.69, 9.17) is 32.0 Å². The average molecular weight is 356 g/mol. The number of carbonyl (C=O) groups is 1. The number of hydrogen-bond donors (Lipinski definition) is 2. The van der Waals surface area contributed by atoms with Gasteiger partial charge in [-0.3, -0.25) is 0 Å². The topological polar surface area (TPSA) is 88.7 Å². The molecule has 0 bridgehead atoms. The van der Waals surface area contributed by atoms with E-state index >= 15 is 0 Å². The molecule has 1 aliphatic heterocycles. The van der Waals surface area contributed by atoms with Crippen LogP contribution in [0, 0.1) is 0 Å². The lowest BCUT2D eigenvalue weighted by Crippen LogP contribution is -2.49. The zero-order valence-electron chi connectivity index (χ0n) is 12.5. The molecule has 0 aromatic carbocycles. The fourth-order valence-electron chi connectivity index (χ4n) is 1.86. The van der Waals surface area contributed by atoms with Crippen molar-refractivity contribution in [2.24, 2.45) is 0 Å². The van der Waals surface area contributed by atoms with Crippen LogP contribution in [0.2, 0.25) is 5.02 Å². The van der Waals surface area contributed by atoms with Gasteiger partial charge in [-0.15, -0.1) is 0 Å². The van der Waals surface area contributed by atoms with Crippen molar-refractivity contribution in [1.29, 1.82) is 0 Å². The maximum Gasteiger partial charge on any atom is 0.490 e. The standard InChI is InChI=1S/C11H16ClN3O.C2HF3O2/c1-7-8(2)16-4-3-15(7)11-5-10(13)9(12)6-14-11;3-2(4,5)1(6)7/h5-8H,3-4H2,1-2H3,(H2,13,14);(H,6,7). The highest BCUT2D eigenvalue weighted by molar-refractivity contribution is 6.32. The molecule has 0 saturated carbocycles. The number of hydrogen-bond acceptors (Lipinski definition) is 5. The third-order valence-corrected chi connectivity index (χ3v) is 3.61. The second-order valence-electron chi connectivity index (χ2n) is 4.88. The molecular weight excluding hydrogens is 339 g/mol. The number of nitrogens with zero attached hydrogens (tertiary/aromatic N) is 2. The van der Waals surface area contributed by atoms with Gasteiger partial charge in [0.25, 0.3) is 0 Å². The van der Waals surface area contributed by atoms with E-state index < -0.39 is 12.1 Å². The zero-order chi connectivity index (χ0) is 17.8. The molecule has 3 N–H and O–H groups in total. The van der Waals surface area contributed by atoms with Gasteiger partial charge in [0.05, 0.1) is 29.5 Å². The number of anilines is 2. The highest BCUT2D eigenvalue weighted by Gasteiger charge is 2.38. The van der Waals surface area contributed by atoms with E-state index in [9.17, 15) is 13.2 Å². The zero-order valence-corrected chi connectivity index (χ0v) is 13.2. The minimum atomic E-state index is -5.08. The number of aromatic nitrogens is 1. The Bertz CT molecular complexity index is 557.